The summed E-state index contributed by atoms with van der Waals surface area (Å²) in [4.78, 5) is 13.6. The first-order chi connectivity index (χ1) is 10.8. The second-order valence-electron chi connectivity index (χ2n) is 5.63. The zero-order chi connectivity index (χ0) is 16.9. The Morgan fingerprint density at radius 1 is 1.22 bits per heavy atom. The molecule has 0 saturated heterocycles. The largest absolute Gasteiger partial charge is 0.484 e. The lowest BCUT2D eigenvalue weighted by Gasteiger charge is -2.29. The standard InChI is InChI=1S/C16H19ClF3NO2/c17-12-5-7-14(8-6-12)23-11-15(22)21(10-9-16(18,19)20)13-3-1-2-4-13/h5-8,13H,1-4,9-11H2. The molecule has 23 heavy (non-hydrogen) atoms. The molecule has 0 atom stereocenters. The quantitative estimate of drug-likeness (QED) is 0.759. The highest BCUT2D eigenvalue weighted by atomic mass is 35.5. The van der Waals surface area contributed by atoms with Crippen molar-refractivity contribution in [2.24, 2.45) is 0 Å². The maximum Gasteiger partial charge on any atom is 0.390 e. The molecule has 0 aliphatic heterocycles. The van der Waals surface area contributed by atoms with Crippen molar-refractivity contribution in [2.75, 3.05) is 13.2 Å². The van der Waals surface area contributed by atoms with Crippen molar-refractivity contribution < 1.29 is 22.7 Å². The second-order valence-corrected chi connectivity index (χ2v) is 6.07. The number of ether oxygens (including phenoxy) is 1. The summed E-state index contributed by atoms with van der Waals surface area (Å²) in [6, 6.07) is 6.37. The van der Waals surface area contributed by atoms with Gasteiger partial charge in [0, 0.05) is 17.6 Å². The SMILES string of the molecule is O=C(COc1ccc(Cl)cc1)N(CCC(F)(F)F)C1CCCC1. The fourth-order valence-corrected chi connectivity index (χ4v) is 2.86. The summed E-state index contributed by atoms with van der Waals surface area (Å²) >= 11 is 5.76. The molecule has 0 aromatic heterocycles. The van der Waals surface area contributed by atoms with Gasteiger partial charge >= 0.3 is 6.18 Å². The summed E-state index contributed by atoms with van der Waals surface area (Å²) in [6.07, 6.45) is -1.86. The highest BCUT2D eigenvalue weighted by Gasteiger charge is 2.32. The molecule has 7 heteroatoms. The molecule has 1 fully saturated rings. The van der Waals surface area contributed by atoms with Crippen LogP contribution in [0.15, 0.2) is 24.3 Å². The molecule has 0 unspecified atom stereocenters. The second kappa shape index (κ2) is 7.90. The first kappa shape index (κ1) is 17.9. The molecule has 2 rings (SSSR count). The van der Waals surface area contributed by atoms with Crippen molar-refractivity contribution in [1.82, 2.24) is 4.90 Å². The predicted octanol–water partition coefficient (Wildman–Crippen LogP) is 4.44. The molecule has 1 saturated carbocycles. The average molecular weight is 350 g/mol. The summed E-state index contributed by atoms with van der Waals surface area (Å²) in [6.45, 7) is -0.576. The normalized spacial score (nSPS) is 15.7. The third-order valence-electron chi connectivity index (χ3n) is 3.90. The van der Waals surface area contributed by atoms with E-state index in [0.717, 1.165) is 25.7 Å². The van der Waals surface area contributed by atoms with Gasteiger partial charge in [-0.2, -0.15) is 13.2 Å². The number of hydrogen-bond donors (Lipinski definition) is 0. The number of carbonyl (C=O) groups is 1. The fourth-order valence-electron chi connectivity index (χ4n) is 2.73. The van der Waals surface area contributed by atoms with Crippen molar-refractivity contribution in [3.8, 4) is 5.75 Å². The first-order valence-corrected chi connectivity index (χ1v) is 7.97. The number of hydrogen-bond acceptors (Lipinski definition) is 2. The lowest BCUT2D eigenvalue weighted by Crippen LogP contribution is -2.43. The van der Waals surface area contributed by atoms with Crippen LogP contribution in [0.25, 0.3) is 0 Å². The maximum atomic E-state index is 12.5. The summed E-state index contributed by atoms with van der Waals surface area (Å²) in [5, 5.41) is 0.543. The van der Waals surface area contributed by atoms with E-state index in [4.69, 9.17) is 16.3 Å². The van der Waals surface area contributed by atoms with Crippen LogP contribution in [0.5, 0.6) is 5.75 Å². The maximum absolute atomic E-state index is 12.5. The Morgan fingerprint density at radius 3 is 2.39 bits per heavy atom. The monoisotopic (exact) mass is 349 g/mol. The van der Waals surface area contributed by atoms with E-state index in [9.17, 15) is 18.0 Å². The molecule has 0 bridgehead atoms. The molecular weight excluding hydrogens is 331 g/mol. The van der Waals surface area contributed by atoms with Crippen molar-refractivity contribution in [1.29, 1.82) is 0 Å². The van der Waals surface area contributed by atoms with Crippen LogP contribution < -0.4 is 4.74 Å². The lowest BCUT2D eigenvalue weighted by atomic mass is 10.2. The van der Waals surface area contributed by atoms with Gasteiger partial charge in [0.15, 0.2) is 6.61 Å². The van der Waals surface area contributed by atoms with E-state index < -0.39 is 18.5 Å². The van der Waals surface area contributed by atoms with E-state index in [1.54, 1.807) is 24.3 Å². The van der Waals surface area contributed by atoms with E-state index in [0.29, 0.717) is 10.8 Å². The number of rotatable bonds is 6. The molecular formula is C16H19ClF3NO2. The molecule has 3 nitrogen and oxygen atoms in total. The summed E-state index contributed by atoms with van der Waals surface area (Å²) < 4.78 is 42.8. The van der Waals surface area contributed by atoms with Gasteiger partial charge in [0.2, 0.25) is 0 Å². The van der Waals surface area contributed by atoms with Crippen LogP contribution in [0.4, 0.5) is 13.2 Å². The Kier molecular flexibility index (Phi) is 6.16. The van der Waals surface area contributed by atoms with Crippen molar-refractivity contribution >= 4 is 17.5 Å². The number of alkyl halides is 3. The number of carbonyl (C=O) groups excluding carboxylic acids is 1. The molecule has 0 heterocycles. The van der Waals surface area contributed by atoms with E-state index in [2.05, 4.69) is 0 Å². The van der Waals surface area contributed by atoms with Crippen LogP contribution in [0, 0.1) is 0 Å². The Hall–Kier alpha value is -1.43. The first-order valence-electron chi connectivity index (χ1n) is 7.60. The molecule has 0 spiro atoms. The Morgan fingerprint density at radius 2 is 1.83 bits per heavy atom. The topological polar surface area (TPSA) is 29.5 Å². The minimum Gasteiger partial charge on any atom is -0.484 e. The summed E-state index contributed by atoms with van der Waals surface area (Å²) in [5.41, 5.74) is 0. The highest BCUT2D eigenvalue weighted by molar-refractivity contribution is 6.30. The van der Waals surface area contributed by atoms with Gasteiger partial charge < -0.3 is 9.64 Å². The lowest BCUT2D eigenvalue weighted by molar-refractivity contribution is -0.148. The van der Waals surface area contributed by atoms with Crippen LogP contribution in [-0.2, 0) is 4.79 Å². The summed E-state index contributed by atoms with van der Waals surface area (Å²) in [5.74, 6) is 0.0565. The molecule has 1 aromatic rings. The highest BCUT2D eigenvalue weighted by Crippen LogP contribution is 2.27. The fraction of sp³-hybridized carbons (Fsp3) is 0.562. The number of amides is 1. The van der Waals surface area contributed by atoms with E-state index in [1.807, 2.05) is 0 Å². The van der Waals surface area contributed by atoms with Crippen molar-refractivity contribution in [3.05, 3.63) is 29.3 Å². The van der Waals surface area contributed by atoms with E-state index in [1.165, 1.54) is 4.90 Å². The Balaban J connectivity index is 1.93. The number of halogens is 4. The molecule has 1 aliphatic carbocycles. The number of nitrogens with zero attached hydrogens (tertiary/aromatic N) is 1. The third-order valence-corrected chi connectivity index (χ3v) is 4.15. The van der Waals surface area contributed by atoms with Crippen LogP contribution in [0.3, 0.4) is 0 Å². The van der Waals surface area contributed by atoms with Crippen LogP contribution in [0.2, 0.25) is 5.02 Å². The van der Waals surface area contributed by atoms with E-state index >= 15 is 0 Å². The zero-order valence-electron chi connectivity index (χ0n) is 12.6. The van der Waals surface area contributed by atoms with Crippen LogP contribution >= 0.6 is 11.6 Å². The molecule has 0 N–H and O–H groups in total. The molecule has 0 radical (unpaired) electrons. The van der Waals surface area contributed by atoms with E-state index in [-0.39, 0.29) is 19.2 Å². The predicted molar refractivity (Wildman–Crippen MR) is 81.6 cm³/mol. The Labute approximate surface area is 138 Å². The minimum absolute atomic E-state index is 0.112. The van der Waals surface area contributed by atoms with Gasteiger partial charge in [-0.15, -0.1) is 0 Å². The number of benzene rings is 1. The Bertz CT molecular complexity index is 513. The van der Waals surface area contributed by atoms with Gasteiger partial charge in [-0.3, -0.25) is 4.79 Å². The molecule has 128 valence electrons. The third kappa shape index (κ3) is 5.94. The van der Waals surface area contributed by atoms with Gasteiger partial charge in [-0.05, 0) is 37.1 Å². The van der Waals surface area contributed by atoms with Gasteiger partial charge in [-0.25, -0.2) is 0 Å². The average Bonchev–Trinajstić information content (AvgIpc) is 3.00. The van der Waals surface area contributed by atoms with Gasteiger partial charge in [0.25, 0.3) is 5.91 Å². The summed E-state index contributed by atoms with van der Waals surface area (Å²) in [7, 11) is 0. The minimum atomic E-state index is -4.27. The smallest absolute Gasteiger partial charge is 0.390 e. The molecule has 1 amide bonds. The van der Waals surface area contributed by atoms with Gasteiger partial charge in [0.1, 0.15) is 5.75 Å². The van der Waals surface area contributed by atoms with Crippen molar-refractivity contribution in [2.45, 2.75) is 44.3 Å². The molecule has 1 aliphatic rings. The zero-order valence-corrected chi connectivity index (χ0v) is 13.4. The van der Waals surface area contributed by atoms with Crippen LogP contribution in [-0.4, -0.2) is 36.2 Å². The van der Waals surface area contributed by atoms with Gasteiger partial charge in [0.05, 0.1) is 6.42 Å². The van der Waals surface area contributed by atoms with Crippen molar-refractivity contribution in [3.63, 3.8) is 0 Å². The van der Waals surface area contributed by atoms with Crippen LogP contribution in [0.1, 0.15) is 32.1 Å². The molecule has 1 aromatic carbocycles. The van der Waals surface area contributed by atoms with Gasteiger partial charge in [-0.1, -0.05) is 24.4 Å².